The van der Waals surface area contributed by atoms with E-state index in [2.05, 4.69) is 15.1 Å². The van der Waals surface area contributed by atoms with E-state index in [0.717, 1.165) is 24.6 Å². The van der Waals surface area contributed by atoms with Crippen molar-refractivity contribution in [2.24, 2.45) is 5.92 Å². The predicted octanol–water partition coefficient (Wildman–Crippen LogP) is 2.55. The summed E-state index contributed by atoms with van der Waals surface area (Å²) in [5.41, 5.74) is 1.07. The van der Waals surface area contributed by atoms with Crippen molar-refractivity contribution in [2.75, 3.05) is 13.1 Å². The van der Waals surface area contributed by atoms with Gasteiger partial charge in [0.1, 0.15) is 17.5 Å². The molecule has 1 amide bonds. The molecule has 10 heteroatoms. The van der Waals surface area contributed by atoms with Crippen molar-refractivity contribution in [1.29, 1.82) is 0 Å². The van der Waals surface area contributed by atoms with Gasteiger partial charge in [-0.25, -0.2) is 14.1 Å². The molecule has 0 unspecified atom stereocenters. The molecule has 4 heterocycles. The monoisotopic (exact) mass is 488 g/mol. The Morgan fingerprint density at radius 1 is 1.11 bits per heavy atom. The summed E-state index contributed by atoms with van der Waals surface area (Å²) in [6, 6.07) is 8.72. The quantitative estimate of drug-likeness (QED) is 0.463. The molecule has 6 rings (SSSR count). The van der Waals surface area contributed by atoms with Gasteiger partial charge in [0.25, 0.3) is 5.56 Å². The van der Waals surface area contributed by atoms with Gasteiger partial charge in [0, 0.05) is 30.8 Å². The molecule has 36 heavy (non-hydrogen) atoms. The Balaban J connectivity index is 1.25. The highest BCUT2D eigenvalue weighted by Crippen LogP contribution is 2.33. The van der Waals surface area contributed by atoms with E-state index in [4.69, 9.17) is 0 Å². The lowest BCUT2D eigenvalue weighted by Gasteiger charge is -2.38. The van der Waals surface area contributed by atoms with Gasteiger partial charge < -0.3 is 10.0 Å². The number of halogens is 1. The van der Waals surface area contributed by atoms with E-state index in [-0.39, 0.29) is 23.9 Å². The van der Waals surface area contributed by atoms with Crippen molar-refractivity contribution in [3.63, 3.8) is 0 Å². The van der Waals surface area contributed by atoms with E-state index in [9.17, 15) is 19.1 Å². The van der Waals surface area contributed by atoms with Crippen LogP contribution in [0.3, 0.4) is 0 Å². The minimum Gasteiger partial charge on any atom is -0.388 e. The highest BCUT2D eigenvalue weighted by atomic mass is 19.1. The molecule has 0 bridgehead atoms. The van der Waals surface area contributed by atoms with Crippen molar-refractivity contribution < 1.29 is 14.3 Å². The Labute approximate surface area is 205 Å². The number of aliphatic hydroxyl groups is 1. The fraction of sp³-hybridized carbons (Fsp3) is 0.346. The van der Waals surface area contributed by atoms with Crippen LogP contribution < -0.4 is 5.56 Å². The van der Waals surface area contributed by atoms with Gasteiger partial charge in [0.2, 0.25) is 5.91 Å². The molecule has 0 spiro atoms. The van der Waals surface area contributed by atoms with Gasteiger partial charge in [-0.1, -0.05) is 12.1 Å². The van der Waals surface area contributed by atoms with Gasteiger partial charge in [0.05, 0.1) is 30.2 Å². The van der Waals surface area contributed by atoms with Gasteiger partial charge >= 0.3 is 0 Å². The Bertz CT molecular complexity index is 1520. The Morgan fingerprint density at radius 3 is 2.67 bits per heavy atom. The van der Waals surface area contributed by atoms with Crippen molar-refractivity contribution in [3.8, 4) is 16.8 Å². The molecular formula is C26H25FN6O3. The van der Waals surface area contributed by atoms with Crippen LogP contribution in [-0.4, -0.2) is 58.9 Å². The summed E-state index contributed by atoms with van der Waals surface area (Å²) < 4.78 is 16.6. The van der Waals surface area contributed by atoms with Crippen molar-refractivity contribution in [2.45, 2.75) is 37.8 Å². The summed E-state index contributed by atoms with van der Waals surface area (Å²) in [7, 11) is 0. The van der Waals surface area contributed by atoms with E-state index in [1.54, 1.807) is 10.9 Å². The number of nitrogens with zero attached hydrogens (tertiary/aromatic N) is 6. The molecule has 2 aliphatic rings. The number of benzene rings is 1. The van der Waals surface area contributed by atoms with Crippen molar-refractivity contribution >= 4 is 16.9 Å². The number of amides is 1. The minimum atomic E-state index is -1.08. The third-order valence-electron chi connectivity index (χ3n) is 7.08. The molecule has 2 fully saturated rings. The van der Waals surface area contributed by atoms with E-state index in [1.807, 2.05) is 29.2 Å². The van der Waals surface area contributed by atoms with E-state index < -0.39 is 11.4 Å². The van der Waals surface area contributed by atoms with Gasteiger partial charge in [-0.15, -0.1) is 0 Å². The number of pyridine rings is 1. The zero-order chi connectivity index (χ0) is 24.9. The van der Waals surface area contributed by atoms with E-state index >= 15 is 0 Å². The summed E-state index contributed by atoms with van der Waals surface area (Å²) in [4.78, 5) is 35.8. The molecule has 1 saturated carbocycles. The van der Waals surface area contributed by atoms with Crippen LogP contribution in [0.5, 0.6) is 0 Å². The lowest BCUT2D eigenvalue weighted by Crippen LogP contribution is -2.50. The lowest BCUT2D eigenvalue weighted by molar-refractivity contribution is -0.137. The summed E-state index contributed by atoms with van der Waals surface area (Å²) in [5, 5.41) is 15.9. The Hall–Kier alpha value is -3.92. The Morgan fingerprint density at radius 2 is 1.92 bits per heavy atom. The molecule has 1 N–H and O–H groups in total. The summed E-state index contributed by atoms with van der Waals surface area (Å²) >= 11 is 0. The first kappa shape index (κ1) is 22.5. The van der Waals surface area contributed by atoms with E-state index in [1.165, 1.54) is 23.2 Å². The average molecular weight is 489 g/mol. The first-order valence-corrected chi connectivity index (χ1v) is 12.1. The maximum atomic E-state index is 13.6. The number of aromatic nitrogens is 5. The normalized spacial score (nSPS) is 17.4. The average Bonchev–Trinajstić information content (AvgIpc) is 3.64. The van der Waals surface area contributed by atoms with Crippen LogP contribution in [0, 0.1) is 11.7 Å². The number of piperidine rings is 1. The first-order chi connectivity index (χ1) is 17.4. The highest BCUT2D eigenvalue weighted by Gasteiger charge is 2.39. The van der Waals surface area contributed by atoms with Gasteiger partial charge in [-0.05, 0) is 49.4 Å². The van der Waals surface area contributed by atoms with Crippen LogP contribution in [0.4, 0.5) is 4.39 Å². The zero-order valence-corrected chi connectivity index (χ0v) is 19.5. The number of rotatable bonds is 5. The zero-order valence-electron chi connectivity index (χ0n) is 19.5. The van der Waals surface area contributed by atoms with Crippen LogP contribution in [0.25, 0.3) is 27.8 Å². The third kappa shape index (κ3) is 4.17. The second-order valence-corrected chi connectivity index (χ2v) is 9.74. The van der Waals surface area contributed by atoms with Gasteiger partial charge in [0.15, 0.2) is 5.65 Å². The molecule has 1 aromatic carbocycles. The van der Waals surface area contributed by atoms with Crippen molar-refractivity contribution in [3.05, 3.63) is 71.4 Å². The van der Waals surface area contributed by atoms with Gasteiger partial charge in [-0.3, -0.25) is 19.1 Å². The van der Waals surface area contributed by atoms with Crippen LogP contribution in [0.15, 0.2) is 60.0 Å². The molecule has 0 atom stereocenters. The standard InChI is InChI=1S/C26H25FN6O3/c27-20-10-19(12-28-13-20)18-2-1-3-21(11-18)33-23-22(14-30-33)25(35)32(16-29-23)15-26(36)6-8-31(9-7-26)24(34)17-4-5-17/h1-3,10-14,16-17,36H,4-9,15H2. The number of carbonyl (C=O) groups excluding carboxylic acids is 1. The van der Waals surface area contributed by atoms with Gasteiger partial charge in [-0.2, -0.15) is 5.10 Å². The van der Waals surface area contributed by atoms with E-state index in [0.29, 0.717) is 48.2 Å². The lowest BCUT2D eigenvalue weighted by atomic mass is 9.91. The smallest absolute Gasteiger partial charge is 0.264 e. The largest absolute Gasteiger partial charge is 0.388 e. The van der Waals surface area contributed by atoms with Crippen molar-refractivity contribution in [1.82, 2.24) is 29.2 Å². The third-order valence-corrected chi connectivity index (χ3v) is 7.08. The molecule has 3 aromatic heterocycles. The molecule has 184 valence electrons. The molecule has 1 aliphatic carbocycles. The Kier molecular flexibility index (Phi) is 5.40. The summed E-state index contributed by atoms with van der Waals surface area (Å²) in [5.74, 6) is -0.0814. The summed E-state index contributed by atoms with van der Waals surface area (Å²) in [6.07, 6.45) is 8.38. The molecule has 9 nitrogen and oxygen atoms in total. The van der Waals surface area contributed by atoms with Crippen LogP contribution in [0.1, 0.15) is 25.7 Å². The SMILES string of the molecule is O=C(C1CC1)N1CCC(O)(Cn2cnc3c(cnn3-c3cccc(-c4cncc(F)c4)c3)c2=O)CC1. The molecule has 0 radical (unpaired) electrons. The minimum absolute atomic E-state index is 0.105. The van der Waals surface area contributed by atoms with Crippen LogP contribution in [0.2, 0.25) is 0 Å². The molecular weight excluding hydrogens is 463 g/mol. The predicted molar refractivity (Wildman–Crippen MR) is 130 cm³/mol. The maximum absolute atomic E-state index is 13.6. The number of carbonyl (C=O) groups is 1. The fourth-order valence-corrected chi connectivity index (χ4v) is 4.84. The maximum Gasteiger partial charge on any atom is 0.264 e. The summed E-state index contributed by atoms with van der Waals surface area (Å²) in [6.45, 7) is 1.09. The topological polar surface area (TPSA) is 106 Å². The number of likely N-dealkylation sites (tertiary alicyclic amines) is 1. The number of hydrogen-bond acceptors (Lipinski definition) is 6. The second kappa shape index (κ2) is 8.63. The van der Waals surface area contributed by atoms with Crippen LogP contribution in [-0.2, 0) is 11.3 Å². The molecule has 1 saturated heterocycles. The highest BCUT2D eigenvalue weighted by molar-refractivity contribution is 5.81. The number of hydrogen-bond donors (Lipinski definition) is 1. The molecule has 4 aromatic rings. The number of fused-ring (bicyclic) bond motifs is 1. The molecule has 1 aliphatic heterocycles. The second-order valence-electron chi connectivity index (χ2n) is 9.74. The first-order valence-electron chi connectivity index (χ1n) is 12.1. The fourth-order valence-electron chi connectivity index (χ4n) is 4.84. The van der Waals surface area contributed by atoms with Crippen LogP contribution >= 0.6 is 0 Å².